The average molecular weight is 333 g/mol. The molecule has 0 saturated heterocycles. The van der Waals surface area contributed by atoms with E-state index in [-0.39, 0.29) is 32.5 Å². The SMILES string of the molecule is CC1(C)C(C)(C)C1(C)C#CC1(C#Cc2ccccc2)C(C)(C)C1(C)C. The van der Waals surface area contributed by atoms with Crippen LogP contribution in [-0.4, -0.2) is 0 Å². The molecular formula is C25H32. The topological polar surface area (TPSA) is 0 Å². The number of rotatable bonds is 0. The summed E-state index contributed by atoms with van der Waals surface area (Å²) in [7, 11) is 0. The monoisotopic (exact) mass is 332 g/mol. The van der Waals surface area contributed by atoms with Gasteiger partial charge < -0.3 is 0 Å². The van der Waals surface area contributed by atoms with Gasteiger partial charge in [0.05, 0.1) is 0 Å². The molecule has 0 heterocycles. The normalized spacial score (nSPS) is 27.1. The fraction of sp³-hybridized carbons (Fsp3) is 0.600. The first kappa shape index (κ1) is 18.1. The van der Waals surface area contributed by atoms with Crippen LogP contribution < -0.4 is 0 Å². The number of hydrogen-bond donors (Lipinski definition) is 0. The van der Waals surface area contributed by atoms with E-state index >= 15 is 0 Å². The van der Waals surface area contributed by atoms with Crippen LogP contribution in [0.15, 0.2) is 30.3 Å². The largest absolute Gasteiger partial charge is 0.103 e. The summed E-state index contributed by atoms with van der Waals surface area (Å²) in [5.74, 6) is 14.4. The summed E-state index contributed by atoms with van der Waals surface area (Å²) in [6.07, 6.45) is 0. The molecule has 0 atom stereocenters. The molecule has 0 aliphatic heterocycles. The molecule has 0 heteroatoms. The van der Waals surface area contributed by atoms with E-state index in [4.69, 9.17) is 0 Å². The van der Waals surface area contributed by atoms with Crippen molar-refractivity contribution in [2.24, 2.45) is 32.5 Å². The van der Waals surface area contributed by atoms with Gasteiger partial charge in [0.25, 0.3) is 0 Å². The van der Waals surface area contributed by atoms with Gasteiger partial charge in [-0.2, -0.15) is 0 Å². The zero-order valence-electron chi connectivity index (χ0n) is 17.4. The molecule has 2 aliphatic carbocycles. The third-order valence-electron chi connectivity index (χ3n) is 9.04. The first-order valence-electron chi connectivity index (χ1n) is 9.41. The van der Waals surface area contributed by atoms with Crippen molar-refractivity contribution in [1.82, 2.24) is 0 Å². The van der Waals surface area contributed by atoms with E-state index in [2.05, 4.69) is 98.1 Å². The van der Waals surface area contributed by atoms with Crippen LogP contribution in [0.3, 0.4) is 0 Å². The molecule has 0 bridgehead atoms. The van der Waals surface area contributed by atoms with Gasteiger partial charge in [0.2, 0.25) is 0 Å². The average Bonchev–Trinajstić information content (AvgIpc) is 3.03. The van der Waals surface area contributed by atoms with Crippen molar-refractivity contribution >= 4 is 0 Å². The first-order valence-corrected chi connectivity index (χ1v) is 9.41. The second-order valence-electron chi connectivity index (χ2n) is 10.2. The number of hydrogen-bond acceptors (Lipinski definition) is 0. The van der Waals surface area contributed by atoms with Crippen molar-refractivity contribution in [3.05, 3.63) is 35.9 Å². The van der Waals surface area contributed by atoms with Crippen molar-refractivity contribution in [3.63, 3.8) is 0 Å². The van der Waals surface area contributed by atoms with Crippen LogP contribution in [0, 0.1) is 56.2 Å². The van der Waals surface area contributed by atoms with E-state index in [1.165, 1.54) is 0 Å². The van der Waals surface area contributed by atoms with Crippen molar-refractivity contribution in [2.75, 3.05) is 0 Å². The summed E-state index contributed by atoms with van der Waals surface area (Å²) in [6, 6.07) is 10.3. The highest BCUT2D eigenvalue weighted by Crippen LogP contribution is 2.79. The van der Waals surface area contributed by atoms with Crippen LogP contribution >= 0.6 is 0 Å². The predicted octanol–water partition coefficient (Wildman–Crippen LogP) is 6.17. The summed E-state index contributed by atoms with van der Waals surface area (Å²) in [6.45, 7) is 20.9. The van der Waals surface area contributed by atoms with Gasteiger partial charge in [0, 0.05) is 21.8 Å². The van der Waals surface area contributed by atoms with Crippen LogP contribution in [0.5, 0.6) is 0 Å². The summed E-state index contributed by atoms with van der Waals surface area (Å²) in [4.78, 5) is 0. The van der Waals surface area contributed by atoms with Gasteiger partial charge in [-0.25, -0.2) is 0 Å². The summed E-state index contributed by atoms with van der Waals surface area (Å²) in [5, 5.41) is 0. The molecular weight excluding hydrogens is 300 g/mol. The smallest absolute Gasteiger partial charge is 0.0940 e. The van der Waals surface area contributed by atoms with Crippen LogP contribution in [0.2, 0.25) is 0 Å². The molecule has 0 spiro atoms. The second kappa shape index (κ2) is 4.74. The highest BCUT2D eigenvalue weighted by atomic mass is 14.8. The van der Waals surface area contributed by atoms with Crippen molar-refractivity contribution in [1.29, 1.82) is 0 Å². The van der Waals surface area contributed by atoms with Gasteiger partial charge in [-0.15, -0.1) is 0 Å². The lowest BCUT2D eigenvalue weighted by atomic mass is 9.91. The third-order valence-corrected chi connectivity index (χ3v) is 9.04. The lowest BCUT2D eigenvalue weighted by Gasteiger charge is -2.10. The Bertz CT molecular complexity index is 795. The Labute approximate surface area is 154 Å². The predicted molar refractivity (Wildman–Crippen MR) is 107 cm³/mol. The Morgan fingerprint density at radius 3 is 1.44 bits per heavy atom. The molecule has 3 rings (SSSR count). The molecule has 2 fully saturated rings. The molecule has 2 saturated carbocycles. The number of benzene rings is 1. The summed E-state index contributed by atoms with van der Waals surface area (Å²) >= 11 is 0. The first-order chi connectivity index (χ1) is 11.3. The van der Waals surface area contributed by atoms with Crippen LogP contribution in [0.4, 0.5) is 0 Å². The zero-order chi connectivity index (χ0) is 18.9. The van der Waals surface area contributed by atoms with E-state index in [1.807, 2.05) is 18.2 Å². The van der Waals surface area contributed by atoms with Gasteiger partial charge >= 0.3 is 0 Å². The van der Waals surface area contributed by atoms with Gasteiger partial charge in [-0.1, -0.05) is 97.3 Å². The maximum atomic E-state index is 3.71. The molecule has 1 aromatic rings. The molecule has 0 amide bonds. The maximum absolute atomic E-state index is 3.71. The summed E-state index contributed by atoms with van der Waals surface area (Å²) in [5.41, 5.74) is 1.54. The highest BCUT2D eigenvalue weighted by Gasteiger charge is 2.78. The van der Waals surface area contributed by atoms with E-state index in [0.717, 1.165) is 5.56 Å². The highest BCUT2D eigenvalue weighted by molar-refractivity contribution is 5.52. The molecule has 1 aromatic carbocycles. The van der Waals surface area contributed by atoms with Gasteiger partial charge in [-0.05, 0) is 29.9 Å². The molecule has 0 aromatic heterocycles. The summed E-state index contributed by atoms with van der Waals surface area (Å²) < 4.78 is 0. The Hall–Kier alpha value is -1.66. The fourth-order valence-electron chi connectivity index (χ4n) is 4.78. The Kier molecular flexibility index (Phi) is 3.44. The lowest BCUT2D eigenvalue weighted by Crippen LogP contribution is -2.08. The van der Waals surface area contributed by atoms with E-state index in [9.17, 15) is 0 Å². The van der Waals surface area contributed by atoms with Crippen molar-refractivity contribution < 1.29 is 0 Å². The molecule has 25 heavy (non-hydrogen) atoms. The minimum absolute atomic E-state index is 0.0518. The molecule has 2 aliphatic rings. The lowest BCUT2D eigenvalue weighted by molar-refractivity contribution is 0.457. The van der Waals surface area contributed by atoms with Gasteiger partial charge in [0.15, 0.2) is 0 Å². The van der Waals surface area contributed by atoms with E-state index < -0.39 is 0 Å². The Morgan fingerprint density at radius 1 is 0.560 bits per heavy atom. The zero-order valence-corrected chi connectivity index (χ0v) is 17.4. The van der Waals surface area contributed by atoms with Gasteiger partial charge in [-0.3, -0.25) is 0 Å². The van der Waals surface area contributed by atoms with Crippen LogP contribution in [0.1, 0.15) is 67.9 Å². The molecule has 0 unspecified atom stereocenters. The minimum atomic E-state index is -0.242. The molecule has 0 radical (unpaired) electrons. The maximum Gasteiger partial charge on any atom is 0.103 e. The van der Waals surface area contributed by atoms with E-state index in [0.29, 0.717) is 0 Å². The van der Waals surface area contributed by atoms with Crippen LogP contribution in [-0.2, 0) is 0 Å². The molecule has 0 nitrogen and oxygen atoms in total. The molecule has 0 N–H and O–H groups in total. The quantitative estimate of drug-likeness (QED) is 0.499. The third kappa shape index (κ3) is 1.92. The Balaban J connectivity index is 2.05. The minimum Gasteiger partial charge on any atom is -0.0940 e. The van der Waals surface area contributed by atoms with Gasteiger partial charge in [0.1, 0.15) is 5.41 Å². The van der Waals surface area contributed by atoms with Crippen molar-refractivity contribution in [3.8, 4) is 23.7 Å². The standard InChI is InChI=1S/C25H32/c1-20(2)21(3,4)24(20,9)17-18-25(22(5,6)23(25,7)8)16-15-19-13-11-10-12-14-19/h10-14H,1-9H3. The second-order valence-corrected chi connectivity index (χ2v) is 10.2. The Morgan fingerprint density at radius 2 is 1.04 bits per heavy atom. The van der Waals surface area contributed by atoms with Crippen molar-refractivity contribution in [2.45, 2.75) is 62.3 Å². The molecule has 132 valence electrons. The van der Waals surface area contributed by atoms with Crippen LogP contribution in [0.25, 0.3) is 0 Å². The fourth-order valence-corrected chi connectivity index (χ4v) is 4.78. The van der Waals surface area contributed by atoms with E-state index in [1.54, 1.807) is 0 Å².